The van der Waals surface area contributed by atoms with Crippen molar-refractivity contribution >= 4 is 8.32 Å². The van der Waals surface area contributed by atoms with Crippen molar-refractivity contribution in [2.75, 3.05) is 0 Å². The van der Waals surface area contributed by atoms with E-state index in [-0.39, 0.29) is 0 Å². The van der Waals surface area contributed by atoms with Crippen molar-refractivity contribution in [2.45, 2.75) is 76.6 Å². The summed E-state index contributed by atoms with van der Waals surface area (Å²) >= 11 is 0. The third-order valence-electron chi connectivity index (χ3n) is 5.17. The van der Waals surface area contributed by atoms with E-state index < -0.39 is 8.32 Å². The van der Waals surface area contributed by atoms with Gasteiger partial charge in [-0.1, -0.05) is 20.8 Å². The Morgan fingerprint density at radius 3 is 2.25 bits per heavy atom. The van der Waals surface area contributed by atoms with Crippen molar-refractivity contribution in [2.24, 2.45) is 7.05 Å². The lowest BCUT2D eigenvalue weighted by molar-refractivity contribution is 0.128. The van der Waals surface area contributed by atoms with E-state index in [1.807, 2.05) is 12.4 Å². The number of imidazole rings is 1. The first-order chi connectivity index (χ1) is 9.21. The summed E-state index contributed by atoms with van der Waals surface area (Å²) in [5.74, 6) is 1.87. The van der Waals surface area contributed by atoms with E-state index >= 15 is 0 Å². The summed E-state index contributed by atoms with van der Waals surface area (Å²) in [6, 6.07) is 0. The Labute approximate surface area is 124 Å². The molecule has 0 spiro atoms. The Morgan fingerprint density at radius 2 is 1.80 bits per heavy atom. The Morgan fingerprint density at radius 1 is 1.20 bits per heavy atom. The molecule has 20 heavy (non-hydrogen) atoms. The van der Waals surface area contributed by atoms with Crippen LogP contribution in [0.2, 0.25) is 18.1 Å². The number of aromatic nitrogens is 2. The minimum atomic E-state index is -1.61. The molecule has 0 amide bonds. The van der Waals surface area contributed by atoms with Crippen LogP contribution in [-0.2, 0) is 11.5 Å². The van der Waals surface area contributed by atoms with Crippen LogP contribution in [0, 0.1) is 0 Å². The van der Waals surface area contributed by atoms with Gasteiger partial charge in [0.1, 0.15) is 5.82 Å². The van der Waals surface area contributed by atoms with Crippen LogP contribution in [-0.4, -0.2) is 24.0 Å². The fourth-order valence-corrected chi connectivity index (χ4v) is 4.23. The fraction of sp³-hybridized carbons (Fsp3) is 0.812. The largest absolute Gasteiger partial charge is 0.414 e. The average molecular weight is 295 g/mol. The lowest BCUT2D eigenvalue weighted by atomic mass is 9.87. The van der Waals surface area contributed by atoms with Crippen LogP contribution in [0.4, 0.5) is 0 Å². The van der Waals surface area contributed by atoms with Gasteiger partial charge in [-0.2, -0.15) is 0 Å². The molecule has 1 aromatic heterocycles. The maximum absolute atomic E-state index is 6.55. The van der Waals surface area contributed by atoms with Crippen molar-refractivity contribution in [3.63, 3.8) is 0 Å². The normalized spacial score (nSPS) is 24.9. The second-order valence-corrected chi connectivity index (χ2v) is 12.5. The van der Waals surface area contributed by atoms with Gasteiger partial charge in [0, 0.05) is 31.5 Å². The molecule has 0 atom stereocenters. The second-order valence-electron chi connectivity index (χ2n) is 7.75. The first-order valence-electron chi connectivity index (χ1n) is 7.86. The highest BCUT2D eigenvalue weighted by molar-refractivity contribution is 6.74. The molecule has 0 radical (unpaired) electrons. The number of hydrogen-bond donors (Lipinski definition) is 0. The number of aryl methyl sites for hydroxylation is 1. The summed E-state index contributed by atoms with van der Waals surface area (Å²) in [5, 5.41) is 0.309. The van der Waals surface area contributed by atoms with E-state index in [0.29, 0.717) is 17.1 Å². The van der Waals surface area contributed by atoms with Gasteiger partial charge in [-0.25, -0.2) is 4.98 Å². The van der Waals surface area contributed by atoms with Gasteiger partial charge in [0.15, 0.2) is 8.32 Å². The molecular weight excluding hydrogens is 264 g/mol. The molecule has 3 nitrogen and oxygen atoms in total. The third kappa shape index (κ3) is 3.34. The van der Waals surface area contributed by atoms with Crippen LogP contribution in [0.1, 0.15) is 58.2 Å². The molecule has 0 aliphatic heterocycles. The predicted molar refractivity (Wildman–Crippen MR) is 86.5 cm³/mol. The van der Waals surface area contributed by atoms with Crippen molar-refractivity contribution in [1.82, 2.24) is 9.55 Å². The van der Waals surface area contributed by atoms with E-state index in [1.54, 1.807) is 0 Å². The van der Waals surface area contributed by atoms with Crippen molar-refractivity contribution < 1.29 is 4.43 Å². The highest BCUT2D eigenvalue weighted by atomic mass is 28.4. The van der Waals surface area contributed by atoms with Gasteiger partial charge in [-0.05, 0) is 43.8 Å². The molecule has 1 heterocycles. The van der Waals surface area contributed by atoms with Crippen LogP contribution in [0.15, 0.2) is 12.4 Å². The van der Waals surface area contributed by atoms with Gasteiger partial charge in [-0.15, -0.1) is 0 Å². The molecule has 0 unspecified atom stereocenters. The molecule has 114 valence electrons. The molecule has 1 fully saturated rings. The van der Waals surface area contributed by atoms with Gasteiger partial charge >= 0.3 is 0 Å². The lowest BCUT2D eigenvalue weighted by Gasteiger charge is -2.41. The Balaban J connectivity index is 1.91. The molecule has 1 aliphatic carbocycles. The zero-order valence-electron chi connectivity index (χ0n) is 13.9. The van der Waals surface area contributed by atoms with E-state index in [9.17, 15) is 0 Å². The molecule has 1 saturated carbocycles. The summed E-state index contributed by atoms with van der Waals surface area (Å²) in [4.78, 5) is 4.51. The van der Waals surface area contributed by atoms with E-state index in [2.05, 4.69) is 50.5 Å². The van der Waals surface area contributed by atoms with E-state index in [1.165, 1.54) is 31.5 Å². The average Bonchev–Trinajstić information content (AvgIpc) is 2.74. The van der Waals surface area contributed by atoms with Crippen LogP contribution in [0.3, 0.4) is 0 Å². The van der Waals surface area contributed by atoms with Crippen LogP contribution < -0.4 is 0 Å². The standard InChI is InChI=1S/C16H30N2OSi/c1-16(2,3)20(5,6)19-14-9-7-13(8-10-14)15-17-11-12-18(15)4/h11-14H,7-10H2,1-6H3/t13-,14-. The predicted octanol–water partition coefficient (Wildman–Crippen LogP) is 4.47. The first-order valence-corrected chi connectivity index (χ1v) is 10.8. The number of rotatable bonds is 3. The van der Waals surface area contributed by atoms with E-state index in [0.717, 1.165) is 0 Å². The van der Waals surface area contributed by atoms with Crippen LogP contribution in [0.5, 0.6) is 0 Å². The van der Waals surface area contributed by atoms with Crippen LogP contribution >= 0.6 is 0 Å². The molecule has 1 aromatic rings. The van der Waals surface area contributed by atoms with E-state index in [4.69, 9.17) is 4.43 Å². The minimum absolute atomic E-state index is 0.309. The fourth-order valence-electron chi connectivity index (χ4n) is 2.80. The Kier molecular flexibility index (Phi) is 4.45. The molecule has 1 aliphatic rings. The number of nitrogens with zero attached hydrogens (tertiary/aromatic N) is 2. The molecule has 4 heteroatoms. The van der Waals surface area contributed by atoms with Gasteiger partial charge < -0.3 is 8.99 Å². The zero-order valence-corrected chi connectivity index (χ0v) is 14.9. The number of hydrogen-bond acceptors (Lipinski definition) is 2. The highest BCUT2D eigenvalue weighted by Gasteiger charge is 2.40. The first kappa shape index (κ1) is 15.8. The summed E-state index contributed by atoms with van der Waals surface area (Å²) in [6.07, 6.45) is 9.22. The van der Waals surface area contributed by atoms with Crippen molar-refractivity contribution in [3.8, 4) is 0 Å². The zero-order chi connectivity index (χ0) is 15.0. The SMILES string of the molecule is Cn1ccnc1[C@H]1CC[C@H](O[Si](C)(C)C(C)(C)C)CC1. The molecule has 0 aromatic carbocycles. The highest BCUT2D eigenvalue weighted by Crippen LogP contribution is 2.40. The van der Waals surface area contributed by atoms with Crippen molar-refractivity contribution in [3.05, 3.63) is 18.2 Å². The Bertz CT molecular complexity index is 440. The third-order valence-corrected chi connectivity index (χ3v) is 9.70. The summed E-state index contributed by atoms with van der Waals surface area (Å²) in [7, 11) is 0.485. The van der Waals surface area contributed by atoms with Gasteiger partial charge in [0.25, 0.3) is 0 Å². The van der Waals surface area contributed by atoms with Gasteiger partial charge in [-0.3, -0.25) is 0 Å². The minimum Gasteiger partial charge on any atom is -0.414 e. The van der Waals surface area contributed by atoms with Gasteiger partial charge in [0.2, 0.25) is 0 Å². The monoisotopic (exact) mass is 294 g/mol. The summed E-state index contributed by atoms with van der Waals surface area (Å²) < 4.78 is 8.72. The van der Waals surface area contributed by atoms with Crippen LogP contribution in [0.25, 0.3) is 0 Å². The summed E-state index contributed by atoms with van der Waals surface area (Å²) in [5.41, 5.74) is 0. The summed E-state index contributed by atoms with van der Waals surface area (Å²) in [6.45, 7) is 11.7. The molecule has 0 N–H and O–H groups in total. The quantitative estimate of drug-likeness (QED) is 0.769. The second kappa shape index (κ2) is 5.64. The molecule has 2 rings (SSSR count). The maximum atomic E-state index is 6.55. The topological polar surface area (TPSA) is 27.1 Å². The molecule has 0 bridgehead atoms. The maximum Gasteiger partial charge on any atom is 0.192 e. The lowest BCUT2D eigenvalue weighted by Crippen LogP contribution is -2.44. The molecule has 0 saturated heterocycles. The molecular formula is C16H30N2OSi. The van der Waals surface area contributed by atoms with Crippen molar-refractivity contribution in [1.29, 1.82) is 0 Å². The Hall–Kier alpha value is -0.613. The smallest absolute Gasteiger partial charge is 0.192 e. The van der Waals surface area contributed by atoms with Gasteiger partial charge in [0.05, 0.1) is 0 Å².